The molecule has 2 aliphatic rings. The predicted octanol–water partition coefficient (Wildman–Crippen LogP) is 2.99. The fourth-order valence-corrected chi connectivity index (χ4v) is 4.23. The van der Waals surface area contributed by atoms with Crippen molar-refractivity contribution in [1.29, 1.82) is 0 Å². The normalized spacial score (nSPS) is 26.9. The van der Waals surface area contributed by atoms with Crippen molar-refractivity contribution in [3.05, 3.63) is 11.1 Å². The molecule has 1 amide bonds. The second-order valence-electron chi connectivity index (χ2n) is 6.03. The lowest BCUT2D eigenvalue weighted by Crippen LogP contribution is -2.34. The summed E-state index contributed by atoms with van der Waals surface area (Å²) in [5.74, 6) is -0.0671. The van der Waals surface area contributed by atoms with Crippen molar-refractivity contribution in [3.8, 4) is 0 Å². The van der Waals surface area contributed by atoms with E-state index in [-0.39, 0.29) is 5.91 Å². The second kappa shape index (κ2) is 5.60. The van der Waals surface area contributed by atoms with E-state index < -0.39 is 9.75 Å². The van der Waals surface area contributed by atoms with E-state index in [4.69, 9.17) is 23.2 Å². The fourth-order valence-electron chi connectivity index (χ4n) is 2.61. The van der Waals surface area contributed by atoms with E-state index in [0.717, 1.165) is 30.3 Å². The zero-order valence-electron chi connectivity index (χ0n) is 12.0. The number of carbonyl (C=O) groups excluding carboxylic acids is 1. The summed E-state index contributed by atoms with van der Waals surface area (Å²) < 4.78 is -0.902. The minimum Gasteiger partial charge on any atom is -0.355 e. The number of nitrogens with one attached hydrogen (secondary N) is 1. The minimum atomic E-state index is -0.902. The highest BCUT2D eigenvalue weighted by Gasteiger charge is 2.67. The lowest BCUT2D eigenvalue weighted by molar-refractivity contribution is -0.125. The van der Waals surface area contributed by atoms with Crippen molar-refractivity contribution < 1.29 is 4.79 Å². The van der Waals surface area contributed by atoms with Crippen LogP contribution in [0.3, 0.4) is 0 Å². The first kappa shape index (κ1) is 15.4. The van der Waals surface area contributed by atoms with Crippen LogP contribution in [-0.2, 0) is 11.2 Å². The number of aromatic nitrogens is 1. The van der Waals surface area contributed by atoms with Gasteiger partial charge < -0.3 is 10.2 Å². The molecule has 1 aliphatic carbocycles. The number of nitrogens with zero attached hydrogens (tertiary/aromatic N) is 2. The summed E-state index contributed by atoms with van der Waals surface area (Å²) in [5, 5.41) is 6.09. The van der Waals surface area contributed by atoms with Gasteiger partial charge in [0, 0.05) is 31.4 Å². The number of anilines is 1. The average Bonchev–Trinajstić information content (AvgIpc) is 2.93. The Kier molecular flexibility index (Phi) is 4.10. The van der Waals surface area contributed by atoms with Gasteiger partial charge in [0.15, 0.2) is 5.13 Å². The zero-order chi connectivity index (χ0) is 15.1. The molecule has 1 saturated carbocycles. The summed E-state index contributed by atoms with van der Waals surface area (Å²) >= 11 is 13.7. The van der Waals surface area contributed by atoms with E-state index in [1.807, 2.05) is 0 Å². The molecule has 1 aromatic heterocycles. The summed E-state index contributed by atoms with van der Waals surface area (Å²) in [5.41, 5.74) is 0.393. The summed E-state index contributed by atoms with van der Waals surface area (Å²) in [6.45, 7) is 4.59. The Balaban J connectivity index is 1.47. The number of thiazole rings is 1. The van der Waals surface area contributed by atoms with Gasteiger partial charge in [-0.3, -0.25) is 4.79 Å². The first-order valence-electron chi connectivity index (χ1n) is 7.28. The van der Waals surface area contributed by atoms with Crippen LogP contribution in [0.5, 0.6) is 0 Å². The standard InChI is InChI=1S/C14H19Cl2N3OS/c1-13(9-14(13,15)16)11(20)17-5-4-10-8-21-12(18-10)19-6-2-3-7-19/h8H,2-7,9H2,1H3,(H,17,20)/t13-/m0/s1. The third kappa shape index (κ3) is 3.01. The van der Waals surface area contributed by atoms with E-state index in [0.29, 0.717) is 13.0 Å². The molecular weight excluding hydrogens is 329 g/mol. The van der Waals surface area contributed by atoms with Crippen LogP contribution in [0.1, 0.15) is 31.9 Å². The predicted molar refractivity (Wildman–Crippen MR) is 87.4 cm³/mol. The molecule has 116 valence electrons. The molecule has 0 aromatic carbocycles. The molecule has 0 bridgehead atoms. The molecule has 7 heteroatoms. The van der Waals surface area contributed by atoms with Crippen LogP contribution in [0.2, 0.25) is 0 Å². The van der Waals surface area contributed by atoms with Crippen molar-refractivity contribution in [3.63, 3.8) is 0 Å². The first-order valence-corrected chi connectivity index (χ1v) is 8.91. The van der Waals surface area contributed by atoms with Crippen LogP contribution < -0.4 is 10.2 Å². The number of halogens is 2. The van der Waals surface area contributed by atoms with Crippen molar-refractivity contribution in [1.82, 2.24) is 10.3 Å². The maximum absolute atomic E-state index is 12.0. The molecule has 2 fully saturated rings. The van der Waals surface area contributed by atoms with Crippen molar-refractivity contribution in [2.75, 3.05) is 24.5 Å². The molecule has 0 spiro atoms. The topological polar surface area (TPSA) is 45.2 Å². The van der Waals surface area contributed by atoms with Gasteiger partial charge in [0.2, 0.25) is 5.91 Å². The Morgan fingerprint density at radius 3 is 2.76 bits per heavy atom. The van der Waals surface area contributed by atoms with Gasteiger partial charge in [0.05, 0.1) is 11.1 Å². The van der Waals surface area contributed by atoms with Gasteiger partial charge >= 0.3 is 0 Å². The van der Waals surface area contributed by atoms with Crippen LogP contribution in [0.25, 0.3) is 0 Å². The van der Waals surface area contributed by atoms with Crippen LogP contribution >= 0.6 is 34.5 Å². The molecule has 1 saturated heterocycles. The Morgan fingerprint density at radius 1 is 1.48 bits per heavy atom. The smallest absolute Gasteiger partial charge is 0.229 e. The number of hydrogen-bond acceptors (Lipinski definition) is 4. The highest BCUT2D eigenvalue weighted by atomic mass is 35.5. The number of hydrogen-bond donors (Lipinski definition) is 1. The number of rotatable bonds is 5. The lowest BCUT2D eigenvalue weighted by Gasteiger charge is -2.13. The maximum atomic E-state index is 12.0. The van der Waals surface area contributed by atoms with Crippen molar-refractivity contribution in [2.45, 2.75) is 36.9 Å². The van der Waals surface area contributed by atoms with Gasteiger partial charge in [-0.15, -0.1) is 34.5 Å². The van der Waals surface area contributed by atoms with E-state index >= 15 is 0 Å². The SMILES string of the molecule is C[C@@]1(C(=O)NCCc2csc(N3CCCC3)n2)CC1(Cl)Cl. The molecule has 0 unspecified atom stereocenters. The van der Waals surface area contributed by atoms with Crippen LogP contribution in [0.4, 0.5) is 5.13 Å². The molecule has 1 aliphatic heterocycles. The van der Waals surface area contributed by atoms with E-state index in [1.165, 1.54) is 12.8 Å². The summed E-state index contributed by atoms with van der Waals surface area (Å²) in [6.07, 6.45) is 3.76. The Labute approximate surface area is 138 Å². The van der Waals surface area contributed by atoms with Gasteiger partial charge in [-0.1, -0.05) is 0 Å². The third-order valence-corrected chi connectivity index (χ3v) is 6.39. The zero-order valence-corrected chi connectivity index (χ0v) is 14.3. The van der Waals surface area contributed by atoms with Crippen LogP contribution in [0, 0.1) is 5.41 Å². The molecular formula is C14H19Cl2N3OS. The molecule has 1 atom stereocenters. The number of amides is 1. The summed E-state index contributed by atoms with van der Waals surface area (Å²) in [4.78, 5) is 19.0. The fraction of sp³-hybridized carbons (Fsp3) is 0.714. The quantitative estimate of drug-likeness (QED) is 0.832. The minimum absolute atomic E-state index is 0.0671. The number of carbonyl (C=O) groups is 1. The molecule has 1 N–H and O–H groups in total. The summed E-state index contributed by atoms with van der Waals surface area (Å²) in [7, 11) is 0. The van der Waals surface area contributed by atoms with Crippen molar-refractivity contribution in [2.24, 2.45) is 5.41 Å². The number of alkyl halides is 2. The lowest BCUT2D eigenvalue weighted by atomic mass is 10.1. The molecule has 2 heterocycles. The molecule has 4 nitrogen and oxygen atoms in total. The van der Waals surface area contributed by atoms with Gasteiger partial charge in [-0.25, -0.2) is 4.98 Å². The molecule has 21 heavy (non-hydrogen) atoms. The summed E-state index contributed by atoms with van der Waals surface area (Å²) in [6, 6.07) is 0. The molecule has 3 rings (SSSR count). The van der Waals surface area contributed by atoms with Gasteiger partial charge in [0.25, 0.3) is 0 Å². The Morgan fingerprint density at radius 2 is 2.14 bits per heavy atom. The first-order chi connectivity index (χ1) is 9.92. The average molecular weight is 348 g/mol. The highest BCUT2D eigenvalue weighted by molar-refractivity contribution is 7.13. The van der Waals surface area contributed by atoms with Crippen LogP contribution in [-0.4, -0.2) is 34.9 Å². The molecule has 1 aromatic rings. The molecule has 0 radical (unpaired) electrons. The van der Waals surface area contributed by atoms with E-state index in [9.17, 15) is 4.79 Å². The van der Waals surface area contributed by atoms with Crippen molar-refractivity contribution >= 4 is 45.6 Å². The van der Waals surface area contributed by atoms with Crippen LogP contribution in [0.15, 0.2) is 5.38 Å². The third-order valence-electron chi connectivity index (χ3n) is 4.34. The van der Waals surface area contributed by atoms with Gasteiger partial charge in [0.1, 0.15) is 4.33 Å². The largest absolute Gasteiger partial charge is 0.355 e. The van der Waals surface area contributed by atoms with Gasteiger partial charge in [-0.05, 0) is 26.2 Å². The van der Waals surface area contributed by atoms with E-state index in [2.05, 4.69) is 20.6 Å². The van der Waals surface area contributed by atoms with Gasteiger partial charge in [-0.2, -0.15) is 0 Å². The monoisotopic (exact) mass is 347 g/mol. The highest BCUT2D eigenvalue weighted by Crippen LogP contribution is 2.63. The Bertz CT molecular complexity index is 542. The Hall–Kier alpha value is -0.520. The second-order valence-corrected chi connectivity index (χ2v) is 8.36. The maximum Gasteiger partial charge on any atom is 0.229 e. The van der Waals surface area contributed by atoms with E-state index in [1.54, 1.807) is 18.3 Å².